The fourth-order valence-electron chi connectivity index (χ4n) is 2.40. The van der Waals surface area contributed by atoms with Gasteiger partial charge in [0, 0.05) is 36.5 Å². The van der Waals surface area contributed by atoms with E-state index < -0.39 is 0 Å². The Bertz CT molecular complexity index is 811. The van der Waals surface area contributed by atoms with Gasteiger partial charge >= 0.3 is 0 Å². The molecule has 0 unspecified atom stereocenters. The van der Waals surface area contributed by atoms with E-state index in [2.05, 4.69) is 16.0 Å². The molecule has 2 aromatic carbocycles. The van der Waals surface area contributed by atoms with Gasteiger partial charge in [0.1, 0.15) is 5.75 Å². The maximum absolute atomic E-state index is 12.6. The highest BCUT2D eigenvalue weighted by Crippen LogP contribution is 2.22. The summed E-state index contributed by atoms with van der Waals surface area (Å²) in [6, 6.07) is 11.7. The molecule has 2 rings (SSSR count). The number of hydrogen-bond donors (Lipinski definition) is 3. The van der Waals surface area contributed by atoms with Crippen molar-refractivity contribution in [2.75, 3.05) is 16.0 Å². The van der Waals surface area contributed by atoms with Crippen molar-refractivity contribution in [3.8, 4) is 5.75 Å². The summed E-state index contributed by atoms with van der Waals surface area (Å²) in [5, 5.41) is 8.01. The highest BCUT2D eigenvalue weighted by Gasteiger charge is 2.11. The Labute approximate surface area is 158 Å². The average Bonchev–Trinajstić information content (AvgIpc) is 2.54. The van der Waals surface area contributed by atoms with Crippen molar-refractivity contribution < 1.29 is 19.1 Å². The maximum Gasteiger partial charge on any atom is 0.255 e. The van der Waals surface area contributed by atoms with Crippen LogP contribution in [-0.4, -0.2) is 23.8 Å². The van der Waals surface area contributed by atoms with Crippen LogP contribution in [0.5, 0.6) is 5.75 Å². The summed E-state index contributed by atoms with van der Waals surface area (Å²) in [5.41, 5.74) is 1.73. The van der Waals surface area contributed by atoms with Gasteiger partial charge in [-0.15, -0.1) is 0 Å². The van der Waals surface area contributed by atoms with E-state index in [-0.39, 0.29) is 23.8 Å². The topological polar surface area (TPSA) is 96.5 Å². The van der Waals surface area contributed by atoms with E-state index in [1.807, 2.05) is 13.8 Å². The molecular weight excluding hydrogens is 346 g/mol. The first-order valence-corrected chi connectivity index (χ1v) is 8.51. The maximum atomic E-state index is 12.6. The molecule has 0 aliphatic rings. The SMILES string of the molecule is CC(=O)Nc1cc(NC(C)=O)cc(C(=O)Nc2ccc(OC(C)C)cc2)c1. The van der Waals surface area contributed by atoms with Crippen LogP contribution in [0.2, 0.25) is 0 Å². The third-order valence-electron chi connectivity index (χ3n) is 3.32. The van der Waals surface area contributed by atoms with E-state index >= 15 is 0 Å². The molecule has 3 N–H and O–H groups in total. The lowest BCUT2D eigenvalue weighted by Gasteiger charge is -2.12. The van der Waals surface area contributed by atoms with Crippen LogP contribution in [0.4, 0.5) is 17.1 Å². The molecule has 0 saturated carbocycles. The van der Waals surface area contributed by atoms with Crippen molar-refractivity contribution in [1.82, 2.24) is 0 Å². The van der Waals surface area contributed by atoms with Crippen LogP contribution in [0.15, 0.2) is 42.5 Å². The Morgan fingerprint density at radius 1 is 0.778 bits per heavy atom. The first-order valence-electron chi connectivity index (χ1n) is 8.51. The quantitative estimate of drug-likeness (QED) is 0.724. The number of benzene rings is 2. The van der Waals surface area contributed by atoms with Gasteiger partial charge in [0.2, 0.25) is 11.8 Å². The van der Waals surface area contributed by atoms with Crippen LogP contribution in [0.25, 0.3) is 0 Å². The molecule has 0 aliphatic heterocycles. The molecule has 0 bridgehead atoms. The number of carbonyl (C=O) groups excluding carboxylic acids is 3. The number of rotatable bonds is 6. The van der Waals surface area contributed by atoms with Crippen molar-refractivity contribution in [3.63, 3.8) is 0 Å². The van der Waals surface area contributed by atoms with Crippen molar-refractivity contribution in [2.45, 2.75) is 33.8 Å². The molecule has 2 aromatic rings. The first kappa shape index (κ1) is 20.0. The second-order valence-corrected chi connectivity index (χ2v) is 6.31. The molecule has 0 atom stereocenters. The van der Waals surface area contributed by atoms with Gasteiger partial charge in [0.15, 0.2) is 0 Å². The van der Waals surface area contributed by atoms with Gasteiger partial charge in [-0.3, -0.25) is 14.4 Å². The molecule has 0 aromatic heterocycles. The number of anilines is 3. The van der Waals surface area contributed by atoms with Gasteiger partial charge in [-0.05, 0) is 56.3 Å². The minimum Gasteiger partial charge on any atom is -0.491 e. The van der Waals surface area contributed by atoms with Gasteiger partial charge in [0.05, 0.1) is 6.10 Å². The highest BCUT2D eigenvalue weighted by atomic mass is 16.5. The molecule has 0 spiro atoms. The number of carbonyl (C=O) groups is 3. The van der Waals surface area contributed by atoms with Crippen LogP contribution >= 0.6 is 0 Å². The summed E-state index contributed by atoms with van der Waals surface area (Å²) >= 11 is 0. The van der Waals surface area contributed by atoms with Gasteiger partial charge < -0.3 is 20.7 Å². The minimum atomic E-state index is -0.369. The lowest BCUT2D eigenvalue weighted by atomic mass is 10.1. The fourth-order valence-corrected chi connectivity index (χ4v) is 2.40. The summed E-state index contributed by atoms with van der Waals surface area (Å²) in [5.74, 6) is -0.209. The minimum absolute atomic E-state index is 0.0640. The zero-order valence-corrected chi connectivity index (χ0v) is 15.8. The summed E-state index contributed by atoms with van der Waals surface area (Å²) < 4.78 is 5.57. The first-order chi connectivity index (χ1) is 12.7. The number of hydrogen-bond acceptors (Lipinski definition) is 4. The zero-order chi connectivity index (χ0) is 20.0. The zero-order valence-electron chi connectivity index (χ0n) is 15.8. The lowest BCUT2D eigenvalue weighted by Crippen LogP contribution is -2.15. The van der Waals surface area contributed by atoms with E-state index in [1.165, 1.54) is 26.0 Å². The highest BCUT2D eigenvalue weighted by molar-refractivity contribution is 6.06. The number of nitrogens with one attached hydrogen (secondary N) is 3. The van der Waals surface area contributed by atoms with Gasteiger partial charge in [-0.1, -0.05) is 0 Å². The summed E-state index contributed by atoms with van der Waals surface area (Å²) in [4.78, 5) is 35.2. The van der Waals surface area contributed by atoms with Crippen molar-refractivity contribution in [2.24, 2.45) is 0 Å². The summed E-state index contributed by atoms with van der Waals surface area (Å²) in [6.45, 7) is 6.60. The van der Waals surface area contributed by atoms with E-state index in [4.69, 9.17) is 4.74 Å². The van der Waals surface area contributed by atoms with Crippen LogP contribution < -0.4 is 20.7 Å². The molecule has 0 heterocycles. The van der Waals surface area contributed by atoms with Crippen molar-refractivity contribution >= 4 is 34.8 Å². The standard InChI is InChI=1S/C20H23N3O4/c1-12(2)27-19-7-5-16(6-8-19)23-20(26)15-9-17(21-13(3)24)11-18(10-15)22-14(4)25/h5-12H,1-4H3,(H,21,24)(H,22,25)(H,23,26). The van der Waals surface area contributed by atoms with Crippen molar-refractivity contribution in [1.29, 1.82) is 0 Å². The van der Waals surface area contributed by atoms with Gasteiger partial charge in [-0.25, -0.2) is 0 Å². The van der Waals surface area contributed by atoms with E-state index in [0.717, 1.165) is 0 Å². The van der Waals surface area contributed by atoms with Gasteiger partial charge in [-0.2, -0.15) is 0 Å². The van der Waals surface area contributed by atoms with Crippen LogP contribution in [0, 0.1) is 0 Å². The molecule has 142 valence electrons. The molecule has 0 fully saturated rings. The van der Waals surface area contributed by atoms with Crippen LogP contribution in [0.3, 0.4) is 0 Å². The molecule has 7 heteroatoms. The summed E-state index contributed by atoms with van der Waals surface area (Å²) in [7, 11) is 0. The molecule has 27 heavy (non-hydrogen) atoms. The van der Waals surface area contributed by atoms with E-state index in [9.17, 15) is 14.4 Å². The molecule has 3 amide bonds. The Kier molecular flexibility index (Phi) is 6.54. The molecule has 0 radical (unpaired) electrons. The van der Waals surface area contributed by atoms with Crippen molar-refractivity contribution in [3.05, 3.63) is 48.0 Å². The number of ether oxygens (including phenoxy) is 1. The Morgan fingerprint density at radius 3 is 1.74 bits per heavy atom. The predicted molar refractivity (Wildman–Crippen MR) is 105 cm³/mol. The summed E-state index contributed by atoms with van der Waals surface area (Å²) in [6.07, 6.45) is 0.0640. The van der Waals surface area contributed by atoms with E-state index in [0.29, 0.717) is 28.4 Å². The Balaban J connectivity index is 2.20. The normalized spacial score (nSPS) is 10.3. The second kappa shape index (κ2) is 8.84. The fraction of sp³-hybridized carbons (Fsp3) is 0.250. The largest absolute Gasteiger partial charge is 0.491 e. The van der Waals surface area contributed by atoms with Gasteiger partial charge in [0.25, 0.3) is 5.91 Å². The lowest BCUT2D eigenvalue weighted by molar-refractivity contribution is -0.115. The van der Waals surface area contributed by atoms with Crippen LogP contribution in [-0.2, 0) is 9.59 Å². The third-order valence-corrected chi connectivity index (χ3v) is 3.32. The van der Waals surface area contributed by atoms with Crippen LogP contribution in [0.1, 0.15) is 38.1 Å². The second-order valence-electron chi connectivity index (χ2n) is 6.31. The van der Waals surface area contributed by atoms with E-state index in [1.54, 1.807) is 30.3 Å². The predicted octanol–water partition coefficient (Wildman–Crippen LogP) is 3.64. The smallest absolute Gasteiger partial charge is 0.255 e. The molecular formula is C20H23N3O4. The average molecular weight is 369 g/mol. The third kappa shape index (κ3) is 6.47. The monoisotopic (exact) mass is 369 g/mol. The Hall–Kier alpha value is -3.35. The molecule has 0 aliphatic carbocycles. The molecule has 7 nitrogen and oxygen atoms in total. The molecule has 0 saturated heterocycles. The number of amides is 3. The Morgan fingerprint density at radius 2 is 1.30 bits per heavy atom.